The molecule has 0 unspecified atom stereocenters. The van der Waals surface area contributed by atoms with E-state index in [9.17, 15) is 49.2 Å². The van der Waals surface area contributed by atoms with Crippen molar-refractivity contribution in [3.8, 4) is 11.3 Å². The van der Waals surface area contributed by atoms with E-state index in [1.807, 2.05) is 56.9 Å². The average Bonchev–Trinajstić information content (AvgIpc) is 1.41. The molecule has 1 saturated carbocycles. The molecule has 3 aliphatic heterocycles. The Kier molecular flexibility index (Phi) is 40.2. The van der Waals surface area contributed by atoms with Gasteiger partial charge in [0.15, 0.2) is 17.8 Å². The number of nitrogen functional groups attached to an aromatic ring is 2. The predicted octanol–water partition coefficient (Wildman–Crippen LogP) is 6.14. The molecule has 5 aromatic rings. The second-order valence-corrected chi connectivity index (χ2v) is 33.6. The van der Waals surface area contributed by atoms with Crippen molar-refractivity contribution >= 4 is 81.0 Å². The van der Waals surface area contributed by atoms with Gasteiger partial charge in [0.2, 0.25) is 17.6 Å². The summed E-state index contributed by atoms with van der Waals surface area (Å²) >= 11 is 0. The van der Waals surface area contributed by atoms with Gasteiger partial charge in [0, 0.05) is 128 Å². The number of esters is 1. The van der Waals surface area contributed by atoms with Crippen molar-refractivity contribution < 1.29 is 101 Å². The van der Waals surface area contributed by atoms with E-state index in [2.05, 4.69) is 47.3 Å². The van der Waals surface area contributed by atoms with Crippen molar-refractivity contribution in [3.05, 3.63) is 90.6 Å². The Balaban J connectivity index is 0.638. The van der Waals surface area contributed by atoms with Gasteiger partial charge in [-0.2, -0.15) is 10.1 Å². The number of ketones is 1. The lowest BCUT2D eigenvalue weighted by atomic mass is 9.80. The Morgan fingerprint density at radius 2 is 1.52 bits per heavy atom. The van der Waals surface area contributed by atoms with E-state index in [1.165, 1.54) is 32.9 Å². The third-order valence-corrected chi connectivity index (χ3v) is 23.8. The number of oxime groups is 1. The highest BCUT2D eigenvalue weighted by Crippen LogP contribution is 2.39. The Hall–Kier alpha value is -9.35. The number of carbonyl (C=O) groups excluding carboxylic acids is 6. The molecule has 37 nitrogen and oxygen atoms in total. The van der Waals surface area contributed by atoms with Gasteiger partial charge in [-0.1, -0.05) is 76.7 Å². The van der Waals surface area contributed by atoms with Crippen LogP contribution in [0.5, 0.6) is 0 Å². The number of aryl methyl sites for hydroxylation is 1. The largest absolute Gasteiger partial charge is 0.459 e. The van der Waals surface area contributed by atoms with Crippen LogP contribution in [-0.4, -0.2) is 299 Å². The van der Waals surface area contributed by atoms with E-state index in [-0.39, 0.29) is 87.8 Å². The SMILES string of the molecule is C=C/C=C/C=C(\C)[C@H](C[C@@H]1CC[C@@H](C)[C@](O)(C(=O)C(=O)N2CCCC[C@H]2C(=O)O[C@@H](C[C@@H](O)[C@H](C)/C=C(\C)[C@@H](O)[C@@H](OC)/C(=N/OCC(=O)NCCOCCOCCOCCOCCC(=O)N2CCN(c3ncc(C(=O)NCCCCn4nc(-c5ccc6oc(N)nc6c5)c5c(N)ncnc54)cn3)CC2)[C@H](C)CC(C)C)[C@H](N)C[C@@H]2CC[C@@H](O)[C@H](OC)C2)O1)OC. The number of carbonyl (C=O) groups is 6. The highest BCUT2D eigenvalue weighted by atomic mass is 16.6. The monoisotopic (exact) mass is 1760 g/mol. The number of hydrogen-bond donors (Lipinski definition) is 9. The summed E-state index contributed by atoms with van der Waals surface area (Å²) in [5.41, 5.74) is 24.2. The number of allylic oxidation sites excluding steroid dienone is 4. The molecule has 4 aliphatic rings. The average molecular weight is 1760 g/mol. The third-order valence-electron chi connectivity index (χ3n) is 23.8. The number of likely N-dealkylation sites (tertiary alicyclic amines) is 1. The van der Waals surface area contributed by atoms with E-state index in [0.29, 0.717) is 206 Å². The molecular weight excluding hydrogens is 1630 g/mol. The number of hydrogen-bond acceptors (Lipinski definition) is 32. The molecule has 4 aromatic heterocycles. The van der Waals surface area contributed by atoms with Crippen LogP contribution in [0.3, 0.4) is 0 Å². The summed E-state index contributed by atoms with van der Waals surface area (Å²) in [6, 6.07) is 3.45. The lowest BCUT2D eigenvalue weighted by Crippen LogP contribution is -2.61. The summed E-state index contributed by atoms with van der Waals surface area (Å²) in [4.78, 5) is 115. The number of unbranched alkanes of at least 4 members (excludes halogenated alkanes) is 1. The number of aliphatic hydroxyl groups excluding tert-OH is 3. The van der Waals surface area contributed by atoms with Crippen LogP contribution in [-0.2, 0) is 78.0 Å². The number of nitrogens with zero attached hydrogens (tertiary/aromatic N) is 11. The number of aliphatic hydroxyl groups is 4. The predicted molar refractivity (Wildman–Crippen MR) is 471 cm³/mol. The zero-order valence-corrected chi connectivity index (χ0v) is 74.7. The number of anilines is 3. The highest BCUT2D eigenvalue weighted by Gasteiger charge is 2.53. The van der Waals surface area contributed by atoms with Crippen LogP contribution in [0, 0.1) is 29.6 Å². The summed E-state index contributed by atoms with van der Waals surface area (Å²) < 4.78 is 59.6. The Morgan fingerprint density at radius 1 is 0.802 bits per heavy atom. The van der Waals surface area contributed by atoms with Crippen LogP contribution in [0.15, 0.2) is 94.6 Å². The molecule has 4 amide bonds. The van der Waals surface area contributed by atoms with Gasteiger partial charge >= 0.3 is 5.97 Å². The van der Waals surface area contributed by atoms with E-state index in [1.54, 1.807) is 61.8 Å². The third kappa shape index (κ3) is 28.8. The minimum Gasteiger partial charge on any atom is -0.459 e. The van der Waals surface area contributed by atoms with Gasteiger partial charge in [-0.05, 0) is 132 Å². The topological polar surface area (TPSA) is 495 Å². The molecule has 126 heavy (non-hydrogen) atoms. The van der Waals surface area contributed by atoms with E-state index in [0.717, 1.165) is 16.0 Å². The molecular formula is C89H134N16O21. The molecule has 696 valence electrons. The Labute approximate surface area is 737 Å². The first-order valence-corrected chi connectivity index (χ1v) is 44.1. The number of ether oxygens (including phenoxy) is 9. The number of Topliss-reactive ketones (excluding diaryl/α,β-unsaturated/α-hetero) is 1. The van der Waals surface area contributed by atoms with Gasteiger partial charge in [-0.3, -0.25) is 24.0 Å². The van der Waals surface area contributed by atoms with Crippen LogP contribution in [0.2, 0.25) is 0 Å². The summed E-state index contributed by atoms with van der Waals surface area (Å²) in [5, 5.41) is 62.4. The van der Waals surface area contributed by atoms with Crippen molar-refractivity contribution in [1.29, 1.82) is 0 Å². The van der Waals surface area contributed by atoms with Crippen molar-refractivity contribution in [2.75, 3.05) is 143 Å². The van der Waals surface area contributed by atoms with Gasteiger partial charge in [-0.15, -0.1) is 0 Å². The lowest BCUT2D eigenvalue weighted by molar-refractivity contribution is -0.265. The maximum Gasteiger partial charge on any atom is 0.329 e. The highest BCUT2D eigenvalue weighted by molar-refractivity contribution is 6.39. The fourth-order valence-electron chi connectivity index (χ4n) is 16.5. The number of piperidine rings is 1. The summed E-state index contributed by atoms with van der Waals surface area (Å²) in [6.07, 6.45) is 12.7. The van der Waals surface area contributed by atoms with Crippen molar-refractivity contribution in [2.24, 2.45) is 40.5 Å². The molecule has 0 radical (unpaired) electrons. The summed E-state index contributed by atoms with van der Waals surface area (Å²) in [7, 11) is 4.53. The molecule has 37 heteroatoms. The number of nitrogens with one attached hydrogen (secondary N) is 2. The molecule has 9 rings (SSSR count). The van der Waals surface area contributed by atoms with Crippen molar-refractivity contribution in [3.63, 3.8) is 0 Å². The number of piperazine rings is 1. The van der Waals surface area contributed by atoms with Crippen LogP contribution in [0.25, 0.3) is 33.4 Å². The van der Waals surface area contributed by atoms with Crippen LogP contribution >= 0.6 is 0 Å². The van der Waals surface area contributed by atoms with Crippen LogP contribution in [0.1, 0.15) is 155 Å². The van der Waals surface area contributed by atoms with E-state index >= 15 is 0 Å². The van der Waals surface area contributed by atoms with Gasteiger partial charge in [-0.25, -0.2) is 29.4 Å². The molecule has 1 aliphatic carbocycles. The fourth-order valence-corrected chi connectivity index (χ4v) is 16.5. The second kappa shape index (κ2) is 50.4. The first-order chi connectivity index (χ1) is 60.5. The molecule has 0 spiro atoms. The van der Waals surface area contributed by atoms with Gasteiger partial charge in [0.1, 0.15) is 47.7 Å². The number of rotatable bonds is 51. The lowest BCUT2D eigenvalue weighted by Gasteiger charge is -2.42. The van der Waals surface area contributed by atoms with Gasteiger partial charge in [0.05, 0.1) is 106 Å². The fraction of sp³-hybridized carbons (Fsp3) is 0.652. The maximum atomic E-state index is 14.7. The minimum atomic E-state index is -2.49. The smallest absolute Gasteiger partial charge is 0.329 e. The quantitative estimate of drug-likeness (QED) is 0.00401. The zero-order valence-electron chi connectivity index (χ0n) is 74.7. The maximum absolute atomic E-state index is 14.7. The van der Waals surface area contributed by atoms with Crippen molar-refractivity contribution in [2.45, 2.75) is 218 Å². The molecule has 12 N–H and O–H groups in total. The van der Waals surface area contributed by atoms with E-state index in [4.69, 9.17) is 74.2 Å². The number of aromatic nitrogens is 7. The Bertz CT molecular complexity index is 4440. The normalized spacial score (nSPS) is 21.9. The molecule has 7 heterocycles. The summed E-state index contributed by atoms with van der Waals surface area (Å²) in [5.74, 6) is -7.12. The standard InChI is InChI=1S/C89H134N16O21/c1-12-13-14-19-56(4)71(116-9)49-64-24-21-60(8)89(115,126-64)81(111)85(113)104-30-17-15-20-67(104)86(114)124-72(65(90)46-61-22-25-68(106)73(47-61)117-10)50-69(107)57(5)45-59(7)79(110)80(118-11)77(58(6)44-55(2)3)101-123-53-74(108)93-29-37-120-39-41-122-43-42-121-40-38-119-36-27-75(109)102-32-34-103(35-33-102)88-95-51-63(52-96-88)84(112)94-28-16-18-31-105-83-76(82(91)97-54-98-83)78(100-105)62-23-26-70-66(48-62)99-87(92)125-70/h12-14,19,23,26,45,48,51-52,54-55,57-58,60-61,64-65,67-69,71-73,79-80,106-107,110,115H,1,15-18,20-22,24-25,27-44,46-47,49-50,53,90H2,2-11H3,(H2,92,99)(H,93,108)(H,94,112)(H2,91,97,98)/b14-13+,56-19+,59-45+,101-77+/t57-,58-,60-,61+,64+,65-,67+,68-,69-,71+,72+,73-,79-,80+,89-/m1/s1. The van der Waals surface area contributed by atoms with Crippen LogP contribution < -0.4 is 32.7 Å². The molecule has 3 saturated heterocycles. The van der Waals surface area contributed by atoms with Crippen molar-refractivity contribution in [1.82, 2.24) is 55.1 Å². The summed E-state index contributed by atoms with van der Waals surface area (Å²) in [6.45, 7) is 21.7. The Morgan fingerprint density at radius 3 is 2.21 bits per heavy atom. The molecule has 4 fully saturated rings. The van der Waals surface area contributed by atoms with Gasteiger partial charge in [0.25, 0.3) is 29.5 Å². The number of oxazole rings is 1. The number of methoxy groups -OCH3 is 3. The molecule has 1 aromatic carbocycles. The molecule has 15 atom stereocenters. The number of fused-ring (bicyclic) bond motifs is 2. The van der Waals surface area contributed by atoms with Gasteiger partial charge < -0.3 is 115 Å². The number of amides is 4. The number of benzene rings is 1. The number of nitrogens with two attached hydrogens (primary N) is 3. The minimum absolute atomic E-state index is 0.0217. The zero-order chi connectivity index (χ0) is 91.0. The van der Waals surface area contributed by atoms with E-state index < -0.39 is 109 Å². The second-order valence-electron chi connectivity index (χ2n) is 33.6. The molecule has 0 bridgehead atoms. The first kappa shape index (κ1) is 100. The van der Waals surface area contributed by atoms with Crippen LogP contribution in [0.4, 0.5) is 17.8 Å². The first-order valence-electron chi connectivity index (χ1n) is 44.1.